The van der Waals surface area contributed by atoms with Gasteiger partial charge in [0, 0.05) is 11.1 Å². The van der Waals surface area contributed by atoms with Gasteiger partial charge in [-0.2, -0.15) is 0 Å². The number of ether oxygens (including phenoxy) is 1. The van der Waals surface area contributed by atoms with Crippen LogP contribution in [0.1, 0.15) is 20.9 Å². The van der Waals surface area contributed by atoms with Gasteiger partial charge in [-0.15, -0.1) is 11.3 Å². The minimum absolute atomic E-state index is 0.0829. The second kappa shape index (κ2) is 8.57. The Bertz CT molecular complexity index is 1000. The number of hydrogen-bond donors (Lipinski definition) is 2. The third kappa shape index (κ3) is 4.68. The van der Waals surface area contributed by atoms with Gasteiger partial charge in [-0.1, -0.05) is 12.1 Å². The van der Waals surface area contributed by atoms with Crippen molar-refractivity contribution in [1.82, 2.24) is 9.97 Å². The second-order valence-corrected chi connectivity index (χ2v) is 6.99. The van der Waals surface area contributed by atoms with Gasteiger partial charge in [0.1, 0.15) is 17.2 Å². The van der Waals surface area contributed by atoms with E-state index in [2.05, 4.69) is 20.6 Å². The Morgan fingerprint density at radius 1 is 1.18 bits per heavy atom. The van der Waals surface area contributed by atoms with Gasteiger partial charge in [0.15, 0.2) is 11.7 Å². The van der Waals surface area contributed by atoms with E-state index in [0.29, 0.717) is 5.13 Å². The molecule has 7 nitrogen and oxygen atoms in total. The van der Waals surface area contributed by atoms with Crippen LogP contribution in [0.5, 0.6) is 0 Å². The van der Waals surface area contributed by atoms with E-state index in [9.17, 15) is 14.0 Å². The lowest BCUT2D eigenvalue weighted by Gasteiger charge is -2.11. The molecule has 28 heavy (non-hydrogen) atoms. The number of pyridine rings is 1. The number of nitrogens with zero attached hydrogens (tertiary/aromatic N) is 2. The average Bonchev–Trinajstić information content (AvgIpc) is 2.99. The van der Waals surface area contributed by atoms with Crippen LogP contribution in [-0.4, -0.2) is 28.5 Å². The summed E-state index contributed by atoms with van der Waals surface area (Å²) in [5, 5.41) is 5.79. The molecule has 0 bridgehead atoms. The van der Waals surface area contributed by atoms with Gasteiger partial charge >= 0.3 is 5.97 Å². The van der Waals surface area contributed by atoms with E-state index in [4.69, 9.17) is 4.74 Å². The van der Waals surface area contributed by atoms with Gasteiger partial charge in [0.05, 0.1) is 11.4 Å². The summed E-state index contributed by atoms with van der Waals surface area (Å²) in [7, 11) is 0. The average molecular weight is 400 g/mol. The molecule has 0 fully saturated rings. The van der Waals surface area contributed by atoms with Crippen molar-refractivity contribution in [2.75, 3.05) is 17.2 Å². The SMILES string of the molecule is Cc1nc(NC(=O)COC(=O)c2cccnc2Nc2ccccc2F)sc1C. The maximum Gasteiger partial charge on any atom is 0.342 e. The van der Waals surface area contributed by atoms with Crippen LogP contribution < -0.4 is 10.6 Å². The quantitative estimate of drug-likeness (QED) is 0.611. The van der Waals surface area contributed by atoms with Crippen LogP contribution >= 0.6 is 11.3 Å². The number of thiazole rings is 1. The molecule has 3 aromatic rings. The number of rotatable bonds is 6. The Morgan fingerprint density at radius 2 is 1.96 bits per heavy atom. The number of carbonyl (C=O) groups excluding carboxylic acids is 2. The minimum atomic E-state index is -0.756. The van der Waals surface area contributed by atoms with Gasteiger partial charge in [-0.05, 0) is 38.1 Å². The van der Waals surface area contributed by atoms with Crippen molar-refractivity contribution in [3.63, 3.8) is 0 Å². The lowest BCUT2D eigenvalue weighted by molar-refractivity contribution is -0.119. The van der Waals surface area contributed by atoms with E-state index in [1.54, 1.807) is 18.2 Å². The first-order valence-electron chi connectivity index (χ1n) is 8.31. The number of esters is 1. The van der Waals surface area contributed by atoms with Gasteiger partial charge in [-0.25, -0.2) is 19.2 Å². The molecule has 0 aliphatic rings. The Labute approximate surface area is 164 Å². The molecule has 0 aliphatic heterocycles. The fraction of sp³-hybridized carbons (Fsp3) is 0.158. The molecule has 0 radical (unpaired) electrons. The molecule has 3 rings (SSSR count). The minimum Gasteiger partial charge on any atom is -0.452 e. The molecule has 2 N–H and O–H groups in total. The van der Waals surface area contributed by atoms with E-state index in [1.165, 1.54) is 35.7 Å². The highest BCUT2D eigenvalue weighted by molar-refractivity contribution is 7.15. The van der Waals surface area contributed by atoms with Crippen LogP contribution in [0.25, 0.3) is 0 Å². The summed E-state index contributed by atoms with van der Waals surface area (Å²) in [6.07, 6.45) is 1.46. The smallest absolute Gasteiger partial charge is 0.342 e. The summed E-state index contributed by atoms with van der Waals surface area (Å²) >= 11 is 1.34. The Morgan fingerprint density at radius 3 is 2.68 bits per heavy atom. The number of nitrogens with one attached hydrogen (secondary N) is 2. The number of anilines is 3. The number of aryl methyl sites for hydroxylation is 2. The Kier molecular flexibility index (Phi) is 5.95. The molecule has 0 spiro atoms. The molecule has 1 aromatic carbocycles. The standard InChI is InChI=1S/C19H17FN4O3S/c1-11-12(2)28-19(22-11)24-16(25)10-27-18(26)13-6-5-9-21-17(13)23-15-8-4-3-7-14(15)20/h3-9H,10H2,1-2H3,(H,21,23)(H,22,24,25). The number of para-hydroxylation sites is 1. The van der Waals surface area contributed by atoms with Crippen molar-refractivity contribution in [1.29, 1.82) is 0 Å². The number of carbonyl (C=O) groups is 2. The predicted octanol–water partition coefficient (Wildman–Crippen LogP) is 3.83. The molecular weight excluding hydrogens is 383 g/mol. The largest absolute Gasteiger partial charge is 0.452 e. The van der Waals surface area contributed by atoms with E-state index < -0.39 is 24.3 Å². The third-order valence-corrected chi connectivity index (χ3v) is 4.75. The van der Waals surface area contributed by atoms with Crippen LogP contribution in [-0.2, 0) is 9.53 Å². The maximum absolute atomic E-state index is 13.8. The summed E-state index contributed by atoms with van der Waals surface area (Å²) in [6.45, 7) is 3.26. The lowest BCUT2D eigenvalue weighted by atomic mass is 10.2. The van der Waals surface area contributed by atoms with Crippen LogP contribution in [0, 0.1) is 19.7 Å². The summed E-state index contributed by atoms with van der Waals surface area (Å²) in [5.74, 6) is -1.62. The fourth-order valence-electron chi connectivity index (χ4n) is 2.25. The zero-order valence-electron chi connectivity index (χ0n) is 15.2. The van der Waals surface area contributed by atoms with Crippen LogP contribution in [0.4, 0.5) is 21.0 Å². The van der Waals surface area contributed by atoms with Gasteiger partial charge in [-0.3, -0.25) is 10.1 Å². The van der Waals surface area contributed by atoms with Crippen molar-refractivity contribution in [3.8, 4) is 0 Å². The first-order valence-corrected chi connectivity index (χ1v) is 9.13. The second-order valence-electron chi connectivity index (χ2n) is 5.79. The molecule has 2 heterocycles. The Balaban J connectivity index is 1.64. The Hall–Kier alpha value is -3.33. The molecule has 0 saturated carbocycles. The van der Waals surface area contributed by atoms with Gasteiger partial charge < -0.3 is 10.1 Å². The van der Waals surface area contributed by atoms with Crippen molar-refractivity contribution < 1.29 is 18.7 Å². The van der Waals surface area contributed by atoms with Crippen molar-refractivity contribution >= 4 is 39.9 Å². The van der Waals surface area contributed by atoms with Crippen LogP contribution in [0.15, 0.2) is 42.6 Å². The van der Waals surface area contributed by atoms with E-state index >= 15 is 0 Å². The first-order chi connectivity index (χ1) is 13.4. The molecule has 2 aromatic heterocycles. The van der Waals surface area contributed by atoms with E-state index in [-0.39, 0.29) is 17.1 Å². The molecule has 0 aliphatic carbocycles. The number of hydrogen-bond acceptors (Lipinski definition) is 7. The zero-order valence-corrected chi connectivity index (χ0v) is 16.0. The first kappa shape index (κ1) is 19.4. The van der Waals surface area contributed by atoms with Crippen molar-refractivity contribution in [3.05, 3.63) is 64.5 Å². The molecule has 0 atom stereocenters. The highest BCUT2D eigenvalue weighted by atomic mass is 32.1. The molecule has 1 amide bonds. The highest BCUT2D eigenvalue weighted by Gasteiger charge is 2.17. The molecule has 9 heteroatoms. The zero-order chi connectivity index (χ0) is 20.1. The third-order valence-electron chi connectivity index (χ3n) is 3.76. The molecule has 144 valence electrons. The normalized spacial score (nSPS) is 10.4. The molecular formula is C19H17FN4O3S. The van der Waals surface area contributed by atoms with Gasteiger partial charge in [0.25, 0.3) is 5.91 Å². The predicted molar refractivity (Wildman–Crippen MR) is 104 cm³/mol. The number of amides is 1. The van der Waals surface area contributed by atoms with E-state index in [0.717, 1.165) is 10.6 Å². The summed E-state index contributed by atoms with van der Waals surface area (Å²) in [5.41, 5.74) is 1.08. The summed E-state index contributed by atoms with van der Waals surface area (Å²) in [4.78, 5) is 33.6. The van der Waals surface area contributed by atoms with Crippen molar-refractivity contribution in [2.45, 2.75) is 13.8 Å². The highest BCUT2D eigenvalue weighted by Crippen LogP contribution is 2.22. The fourth-order valence-corrected chi connectivity index (χ4v) is 3.08. The van der Waals surface area contributed by atoms with Gasteiger partial charge in [0.2, 0.25) is 0 Å². The monoisotopic (exact) mass is 400 g/mol. The number of aromatic nitrogens is 2. The van der Waals surface area contributed by atoms with E-state index in [1.807, 2.05) is 13.8 Å². The molecule has 0 unspecified atom stereocenters. The lowest BCUT2D eigenvalue weighted by Crippen LogP contribution is -2.21. The molecule has 0 saturated heterocycles. The van der Waals surface area contributed by atoms with Crippen molar-refractivity contribution in [2.24, 2.45) is 0 Å². The number of benzene rings is 1. The number of halogens is 1. The summed E-state index contributed by atoms with van der Waals surface area (Å²) in [6, 6.07) is 9.03. The van der Waals surface area contributed by atoms with Crippen LogP contribution in [0.2, 0.25) is 0 Å². The van der Waals surface area contributed by atoms with Crippen LogP contribution in [0.3, 0.4) is 0 Å². The maximum atomic E-state index is 13.8. The summed E-state index contributed by atoms with van der Waals surface area (Å²) < 4.78 is 18.9. The topological polar surface area (TPSA) is 93.2 Å².